The Morgan fingerprint density at radius 3 is 2.67 bits per heavy atom. The minimum absolute atomic E-state index is 0.0000927. The van der Waals surface area contributed by atoms with E-state index < -0.39 is 34.2 Å². The number of hydrogen-bond acceptors (Lipinski definition) is 8. The average molecular weight is 453 g/mol. The Balaban J connectivity index is 2.13. The largest absolute Gasteiger partial charge is 0.390 e. The van der Waals surface area contributed by atoms with Gasteiger partial charge in [0, 0.05) is 24.2 Å². The van der Waals surface area contributed by atoms with E-state index in [0.717, 1.165) is 23.2 Å². The number of unbranched alkanes of at least 4 members (excludes halogenated alkanes) is 1. The summed E-state index contributed by atoms with van der Waals surface area (Å²) in [4.78, 5) is 20.5. The van der Waals surface area contributed by atoms with Crippen molar-refractivity contribution < 1.29 is 23.4 Å². The van der Waals surface area contributed by atoms with Crippen molar-refractivity contribution in [2.24, 2.45) is 0 Å². The zero-order chi connectivity index (χ0) is 22.1. The van der Waals surface area contributed by atoms with Gasteiger partial charge in [-0.3, -0.25) is 14.5 Å². The van der Waals surface area contributed by atoms with Crippen molar-refractivity contribution in [1.29, 1.82) is 0 Å². The lowest BCUT2D eigenvalue weighted by molar-refractivity contribution is -0.00790. The molecule has 0 aromatic carbocycles. The number of hydrogen-bond donors (Lipinski definition) is 4. The number of aromatic nitrogens is 2. The van der Waals surface area contributed by atoms with E-state index in [1.165, 1.54) is 5.38 Å². The second-order valence-electron chi connectivity index (χ2n) is 6.71. The normalized spacial score (nSPS) is 14.3. The fraction of sp³-hybridized carbons (Fsp3) is 0.421. The van der Waals surface area contributed by atoms with Gasteiger partial charge in [0.25, 0.3) is 5.91 Å². The van der Waals surface area contributed by atoms with Crippen LogP contribution in [0.3, 0.4) is 0 Å². The zero-order valence-corrected chi connectivity index (χ0v) is 18.0. The third-order valence-electron chi connectivity index (χ3n) is 4.16. The molecule has 4 N–H and O–H groups in total. The van der Waals surface area contributed by atoms with Gasteiger partial charge in [-0.1, -0.05) is 0 Å². The molecule has 2 heterocycles. The quantitative estimate of drug-likeness (QED) is 0.291. The highest BCUT2D eigenvalue weighted by Gasteiger charge is 2.28. The van der Waals surface area contributed by atoms with Gasteiger partial charge in [-0.05, 0) is 37.0 Å². The third kappa shape index (κ3) is 7.72. The van der Waals surface area contributed by atoms with E-state index in [2.05, 4.69) is 25.9 Å². The smallest absolute Gasteiger partial charge is 0.271 e. The van der Waals surface area contributed by atoms with E-state index in [-0.39, 0.29) is 23.7 Å². The van der Waals surface area contributed by atoms with E-state index >= 15 is 0 Å². The zero-order valence-electron chi connectivity index (χ0n) is 16.4. The molecule has 2 aromatic rings. The molecule has 0 bridgehead atoms. The number of nitrogens with zero attached hydrogens (tertiary/aromatic N) is 2. The first-order chi connectivity index (χ1) is 14.2. The molecule has 3 unspecified atom stereocenters. The second-order valence-corrected chi connectivity index (χ2v) is 9.31. The number of carbonyl (C=O) groups is 1. The van der Waals surface area contributed by atoms with Crippen LogP contribution in [0.1, 0.15) is 35.3 Å². The van der Waals surface area contributed by atoms with E-state index in [0.29, 0.717) is 12.8 Å². The summed E-state index contributed by atoms with van der Waals surface area (Å²) in [6.45, 7) is 0. The average Bonchev–Trinajstić information content (AvgIpc) is 3.14. The first-order valence-electron chi connectivity index (χ1n) is 9.12. The lowest BCUT2D eigenvalue weighted by Crippen LogP contribution is -2.49. The molecule has 162 valence electrons. The Hall–Kier alpha value is -2.52. The lowest BCUT2D eigenvalue weighted by atomic mass is 9.95. The molecule has 30 heavy (non-hydrogen) atoms. The van der Waals surface area contributed by atoms with Crippen LogP contribution in [0.15, 0.2) is 29.9 Å². The molecule has 2 rings (SSSR count). The SMILES string of the molecule is C#CCCCC(O)C(O)C(Cc1ccncc1)NC(=O)c1csc(NS(C)(=O)=O)n1. The Labute approximate surface area is 179 Å². The Morgan fingerprint density at radius 2 is 2.03 bits per heavy atom. The minimum Gasteiger partial charge on any atom is -0.390 e. The molecule has 0 aliphatic rings. The number of nitrogens with one attached hydrogen (secondary N) is 2. The van der Waals surface area contributed by atoms with Crippen molar-refractivity contribution in [2.45, 2.75) is 43.9 Å². The maximum atomic E-state index is 12.6. The number of anilines is 1. The Kier molecular flexibility index (Phi) is 8.73. The molecule has 1 amide bonds. The molecule has 9 nitrogen and oxygen atoms in total. The number of terminal acetylenes is 1. The second kappa shape index (κ2) is 11.0. The molecule has 0 fully saturated rings. The molecule has 0 saturated heterocycles. The Morgan fingerprint density at radius 1 is 1.33 bits per heavy atom. The highest BCUT2D eigenvalue weighted by Crippen LogP contribution is 2.18. The first kappa shape index (κ1) is 23.8. The van der Waals surface area contributed by atoms with Crippen molar-refractivity contribution >= 4 is 32.4 Å². The summed E-state index contributed by atoms with van der Waals surface area (Å²) >= 11 is 0.963. The molecule has 11 heteroatoms. The number of rotatable bonds is 11. The summed E-state index contributed by atoms with van der Waals surface area (Å²) in [5.74, 6) is 1.88. The van der Waals surface area contributed by atoms with Gasteiger partial charge in [0.15, 0.2) is 5.13 Å². The van der Waals surface area contributed by atoms with E-state index in [1.807, 2.05) is 0 Å². The molecule has 3 atom stereocenters. The van der Waals surface area contributed by atoms with Gasteiger partial charge in [0.2, 0.25) is 10.0 Å². The molecule has 0 saturated carbocycles. The molecular formula is C19H24N4O5S2. The van der Waals surface area contributed by atoms with Crippen LogP contribution >= 0.6 is 11.3 Å². The number of pyridine rings is 1. The predicted molar refractivity (Wildman–Crippen MR) is 114 cm³/mol. The number of aliphatic hydroxyl groups is 2. The summed E-state index contributed by atoms with van der Waals surface area (Å²) < 4.78 is 24.8. The fourth-order valence-corrected chi connectivity index (χ4v) is 4.25. The van der Waals surface area contributed by atoms with Gasteiger partial charge < -0.3 is 15.5 Å². The van der Waals surface area contributed by atoms with E-state index in [4.69, 9.17) is 6.42 Å². The van der Waals surface area contributed by atoms with Gasteiger partial charge in [0.05, 0.1) is 18.4 Å². The standard InChI is InChI=1S/C19H24N4O5S2/c1-3-4-5-6-16(24)17(25)14(11-13-7-9-20-10-8-13)21-18(26)15-12-29-19(22-15)23-30(2,27)28/h1,7-10,12,14,16-17,24-25H,4-6,11H2,2H3,(H,21,26)(H,22,23). The van der Waals surface area contributed by atoms with Gasteiger partial charge in [-0.15, -0.1) is 23.7 Å². The molecule has 0 aliphatic carbocycles. The highest BCUT2D eigenvalue weighted by atomic mass is 32.2. The van der Waals surface area contributed by atoms with Crippen LogP contribution in [0, 0.1) is 12.3 Å². The van der Waals surface area contributed by atoms with Gasteiger partial charge in [-0.25, -0.2) is 13.4 Å². The molecule has 0 radical (unpaired) electrons. The number of sulfonamides is 1. The monoisotopic (exact) mass is 452 g/mol. The summed E-state index contributed by atoms with van der Waals surface area (Å²) in [5.41, 5.74) is 0.808. The number of thiazole rings is 1. The maximum absolute atomic E-state index is 12.6. The lowest BCUT2D eigenvalue weighted by Gasteiger charge is -2.27. The van der Waals surface area contributed by atoms with Crippen LogP contribution in [0.5, 0.6) is 0 Å². The molecule has 2 aromatic heterocycles. The van der Waals surface area contributed by atoms with Crippen molar-refractivity contribution in [1.82, 2.24) is 15.3 Å². The number of aliphatic hydroxyl groups excluding tert-OH is 2. The topological polar surface area (TPSA) is 142 Å². The number of carbonyl (C=O) groups excluding carboxylic acids is 1. The minimum atomic E-state index is -3.52. The van der Waals surface area contributed by atoms with Gasteiger partial charge >= 0.3 is 0 Å². The third-order valence-corrected chi connectivity index (χ3v) is 5.61. The Bertz CT molecular complexity index is 972. The van der Waals surface area contributed by atoms with E-state index in [1.54, 1.807) is 24.5 Å². The van der Waals surface area contributed by atoms with Crippen LogP contribution in [-0.4, -0.2) is 59.0 Å². The van der Waals surface area contributed by atoms with Crippen LogP contribution in [0.2, 0.25) is 0 Å². The van der Waals surface area contributed by atoms with Crippen LogP contribution in [0.25, 0.3) is 0 Å². The highest BCUT2D eigenvalue weighted by molar-refractivity contribution is 7.92. The fourth-order valence-electron chi connectivity index (χ4n) is 2.71. The van der Waals surface area contributed by atoms with Crippen molar-refractivity contribution in [3.05, 3.63) is 41.2 Å². The van der Waals surface area contributed by atoms with Crippen molar-refractivity contribution in [2.75, 3.05) is 11.0 Å². The summed E-state index contributed by atoms with van der Waals surface area (Å²) in [6.07, 6.45) is 8.60. The molecule has 0 aliphatic heterocycles. The maximum Gasteiger partial charge on any atom is 0.271 e. The van der Waals surface area contributed by atoms with Crippen molar-refractivity contribution in [3.63, 3.8) is 0 Å². The van der Waals surface area contributed by atoms with Gasteiger partial charge in [-0.2, -0.15) is 0 Å². The van der Waals surface area contributed by atoms with E-state index in [9.17, 15) is 23.4 Å². The van der Waals surface area contributed by atoms with Gasteiger partial charge in [0.1, 0.15) is 11.8 Å². The first-order valence-corrected chi connectivity index (χ1v) is 11.9. The van der Waals surface area contributed by atoms with Crippen LogP contribution < -0.4 is 10.0 Å². The van der Waals surface area contributed by atoms with Crippen LogP contribution in [0.4, 0.5) is 5.13 Å². The number of amides is 1. The molecule has 0 spiro atoms. The van der Waals surface area contributed by atoms with Crippen LogP contribution in [-0.2, 0) is 16.4 Å². The summed E-state index contributed by atoms with van der Waals surface area (Å²) in [5, 5.41) is 25.1. The summed E-state index contributed by atoms with van der Waals surface area (Å²) in [6, 6.07) is 2.68. The molecular weight excluding hydrogens is 428 g/mol. The van der Waals surface area contributed by atoms with Crippen molar-refractivity contribution in [3.8, 4) is 12.3 Å². The summed E-state index contributed by atoms with van der Waals surface area (Å²) in [7, 11) is -3.52. The predicted octanol–water partition coefficient (Wildman–Crippen LogP) is 0.776.